The Kier molecular flexibility index (Phi) is 3.45. The number of ether oxygens (including phenoxy) is 1. The molecule has 1 N–H and O–H groups in total. The normalized spacial score (nSPS) is 27.2. The summed E-state index contributed by atoms with van der Waals surface area (Å²) in [5.74, 6) is 0.965. The first-order chi connectivity index (χ1) is 6.85. The van der Waals surface area contributed by atoms with E-state index in [1.165, 1.54) is 45.2 Å². The molecule has 0 atom stereocenters. The maximum absolute atomic E-state index is 5.42. The molecular formula is C12H23NO. The second-order valence-electron chi connectivity index (χ2n) is 5.14. The molecule has 0 spiro atoms. The molecule has 0 aromatic heterocycles. The predicted molar refractivity (Wildman–Crippen MR) is 58.4 cm³/mol. The summed E-state index contributed by atoms with van der Waals surface area (Å²) in [5.41, 5.74) is 0.580. The van der Waals surface area contributed by atoms with Gasteiger partial charge in [-0.3, -0.25) is 0 Å². The van der Waals surface area contributed by atoms with E-state index in [-0.39, 0.29) is 0 Å². The van der Waals surface area contributed by atoms with E-state index in [9.17, 15) is 0 Å². The van der Waals surface area contributed by atoms with Gasteiger partial charge in [-0.2, -0.15) is 0 Å². The average molecular weight is 197 g/mol. The van der Waals surface area contributed by atoms with Crippen LogP contribution in [-0.2, 0) is 4.74 Å². The molecule has 0 unspecified atom stereocenters. The number of rotatable bonds is 4. The van der Waals surface area contributed by atoms with Gasteiger partial charge in [0.05, 0.1) is 13.2 Å². The molecule has 2 fully saturated rings. The SMILES string of the molecule is CCCC1(CC2CCNCC2)COC1. The van der Waals surface area contributed by atoms with Crippen molar-refractivity contribution >= 4 is 0 Å². The summed E-state index contributed by atoms with van der Waals surface area (Å²) >= 11 is 0. The summed E-state index contributed by atoms with van der Waals surface area (Å²) in [4.78, 5) is 0. The van der Waals surface area contributed by atoms with Crippen LogP contribution >= 0.6 is 0 Å². The molecule has 0 amide bonds. The van der Waals surface area contributed by atoms with Crippen molar-refractivity contribution in [2.75, 3.05) is 26.3 Å². The molecule has 2 aliphatic heterocycles. The van der Waals surface area contributed by atoms with Gasteiger partial charge in [0.25, 0.3) is 0 Å². The van der Waals surface area contributed by atoms with Gasteiger partial charge in [0.15, 0.2) is 0 Å². The van der Waals surface area contributed by atoms with Crippen LogP contribution in [0.25, 0.3) is 0 Å². The molecule has 82 valence electrons. The minimum atomic E-state index is 0.580. The molecule has 0 radical (unpaired) electrons. The smallest absolute Gasteiger partial charge is 0.0544 e. The van der Waals surface area contributed by atoms with Crippen LogP contribution in [-0.4, -0.2) is 26.3 Å². The van der Waals surface area contributed by atoms with Crippen molar-refractivity contribution in [1.82, 2.24) is 5.32 Å². The minimum absolute atomic E-state index is 0.580. The first-order valence-electron chi connectivity index (χ1n) is 6.13. The summed E-state index contributed by atoms with van der Waals surface area (Å²) in [5, 5.41) is 3.44. The Balaban J connectivity index is 1.80. The minimum Gasteiger partial charge on any atom is -0.380 e. The largest absolute Gasteiger partial charge is 0.380 e. The molecule has 2 saturated heterocycles. The molecule has 0 saturated carbocycles. The third-order valence-corrected chi connectivity index (χ3v) is 3.78. The van der Waals surface area contributed by atoms with Crippen LogP contribution in [0.4, 0.5) is 0 Å². The van der Waals surface area contributed by atoms with Crippen molar-refractivity contribution in [2.24, 2.45) is 11.3 Å². The van der Waals surface area contributed by atoms with Crippen molar-refractivity contribution in [1.29, 1.82) is 0 Å². The second kappa shape index (κ2) is 4.63. The monoisotopic (exact) mass is 197 g/mol. The van der Waals surface area contributed by atoms with Crippen LogP contribution in [0.15, 0.2) is 0 Å². The third-order valence-electron chi connectivity index (χ3n) is 3.78. The van der Waals surface area contributed by atoms with Crippen molar-refractivity contribution in [3.8, 4) is 0 Å². The molecular weight excluding hydrogens is 174 g/mol. The van der Waals surface area contributed by atoms with E-state index >= 15 is 0 Å². The van der Waals surface area contributed by atoms with Gasteiger partial charge in [0, 0.05) is 5.41 Å². The fourth-order valence-electron chi connectivity index (χ4n) is 2.98. The molecule has 2 rings (SSSR count). The van der Waals surface area contributed by atoms with Gasteiger partial charge in [-0.05, 0) is 44.7 Å². The van der Waals surface area contributed by atoms with Crippen LogP contribution in [0.3, 0.4) is 0 Å². The number of hydrogen-bond acceptors (Lipinski definition) is 2. The van der Waals surface area contributed by atoms with Crippen LogP contribution in [0.2, 0.25) is 0 Å². The lowest BCUT2D eigenvalue weighted by atomic mass is 9.72. The lowest BCUT2D eigenvalue weighted by Gasteiger charge is -2.44. The first-order valence-corrected chi connectivity index (χ1v) is 6.13. The maximum Gasteiger partial charge on any atom is 0.0544 e. The lowest BCUT2D eigenvalue weighted by Crippen LogP contribution is -2.45. The summed E-state index contributed by atoms with van der Waals surface area (Å²) in [6.45, 7) is 6.82. The highest BCUT2D eigenvalue weighted by Gasteiger charge is 2.39. The highest BCUT2D eigenvalue weighted by molar-refractivity contribution is 4.88. The zero-order chi connectivity index (χ0) is 9.86. The molecule has 2 heteroatoms. The Morgan fingerprint density at radius 1 is 1.29 bits per heavy atom. The standard InChI is InChI=1S/C12H23NO/c1-2-5-12(9-14-10-12)8-11-3-6-13-7-4-11/h11,13H,2-10H2,1H3. The van der Waals surface area contributed by atoms with Gasteiger partial charge in [0.2, 0.25) is 0 Å². The van der Waals surface area contributed by atoms with Crippen molar-refractivity contribution in [3.63, 3.8) is 0 Å². The molecule has 0 aliphatic carbocycles. The van der Waals surface area contributed by atoms with Gasteiger partial charge >= 0.3 is 0 Å². The quantitative estimate of drug-likeness (QED) is 0.746. The van der Waals surface area contributed by atoms with Gasteiger partial charge in [-0.15, -0.1) is 0 Å². The van der Waals surface area contributed by atoms with Gasteiger partial charge < -0.3 is 10.1 Å². The van der Waals surface area contributed by atoms with Crippen LogP contribution in [0.5, 0.6) is 0 Å². The van der Waals surface area contributed by atoms with Crippen LogP contribution in [0.1, 0.15) is 39.0 Å². The van der Waals surface area contributed by atoms with Crippen molar-refractivity contribution in [2.45, 2.75) is 39.0 Å². The van der Waals surface area contributed by atoms with E-state index in [0.717, 1.165) is 19.1 Å². The molecule has 14 heavy (non-hydrogen) atoms. The third kappa shape index (κ3) is 2.29. The molecule has 0 aromatic rings. The number of hydrogen-bond donors (Lipinski definition) is 1. The van der Waals surface area contributed by atoms with Crippen molar-refractivity contribution in [3.05, 3.63) is 0 Å². The summed E-state index contributed by atoms with van der Waals surface area (Å²) in [6, 6.07) is 0. The van der Waals surface area contributed by atoms with Crippen LogP contribution in [0, 0.1) is 11.3 Å². The van der Waals surface area contributed by atoms with E-state index in [1.54, 1.807) is 0 Å². The summed E-state index contributed by atoms with van der Waals surface area (Å²) in [7, 11) is 0. The molecule has 2 heterocycles. The van der Waals surface area contributed by atoms with E-state index in [1.807, 2.05) is 0 Å². The molecule has 0 bridgehead atoms. The predicted octanol–water partition coefficient (Wildman–Crippen LogP) is 2.19. The van der Waals surface area contributed by atoms with E-state index < -0.39 is 0 Å². The molecule has 2 nitrogen and oxygen atoms in total. The highest BCUT2D eigenvalue weighted by Crippen LogP contribution is 2.40. The van der Waals surface area contributed by atoms with Crippen molar-refractivity contribution < 1.29 is 4.74 Å². The van der Waals surface area contributed by atoms with Gasteiger partial charge in [-0.1, -0.05) is 13.3 Å². The Morgan fingerprint density at radius 2 is 2.00 bits per heavy atom. The Labute approximate surface area is 87.4 Å². The van der Waals surface area contributed by atoms with Gasteiger partial charge in [0.1, 0.15) is 0 Å². The Bertz CT molecular complexity index is 171. The average Bonchev–Trinajstić information content (AvgIpc) is 2.16. The number of nitrogens with one attached hydrogen (secondary N) is 1. The van der Waals surface area contributed by atoms with E-state index in [4.69, 9.17) is 4.74 Å². The highest BCUT2D eigenvalue weighted by atomic mass is 16.5. The second-order valence-corrected chi connectivity index (χ2v) is 5.14. The summed E-state index contributed by atoms with van der Waals surface area (Å²) < 4.78 is 5.42. The Hall–Kier alpha value is -0.0800. The maximum atomic E-state index is 5.42. The fourth-order valence-corrected chi connectivity index (χ4v) is 2.98. The fraction of sp³-hybridized carbons (Fsp3) is 1.00. The Morgan fingerprint density at radius 3 is 2.50 bits per heavy atom. The zero-order valence-corrected chi connectivity index (χ0v) is 9.35. The zero-order valence-electron chi connectivity index (χ0n) is 9.35. The van der Waals surface area contributed by atoms with Gasteiger partial charge in [-0.25, -0.2) is 0 Å². The topological polar surface area (TPSA) is 21.3 Å². The van der Waals surface area contributed by atoms with E-state index in [0.29, 0.717) is 5.41 Å². The first kappa shape index (κ1) is 10.4. The van der Waals surface area contributed by atoms with Crippen LogP contribution < -0.4 is 5.32 Å². The molecule has 2 aliphatic rings. The van der Waals surface area contributed by atoms with E-state index in [2.05, 4.69) is 12.2 Å². The molecule has 0 aromatic carbocycles. The lowest BCUT2D eigenvalue weighted by molar-refractivity contribution is -0.130. The summed E-state index contributed by atoms with van der Waals surface area (Å²) in [6.07, 6.45) is 6.87. The number of piperidine rings is 1.